The summed E-state index contributed by atoms with van der Waals surface area (Å²) in [5.74, 6) is 1.13. The number of ether oxygens (including phenoxy) is 1. The maximum absolute atomic E-state index is 14.0. The molecule has 1 unspecified atom stereocenters. The first-order valence-corrected chi connectivity index (χ1v) is 9.25. The molecular formula is C21H20FN3O3. The monoisotopic (exact) mass is 381 g/mol. The van der Waals surface area contributed by atoms with Gasteiger partial charge in [-0.05, 0) is 31.5 Å². The summed E-state index contributed by atoms with van der Waals surface area (Å²) in [5, 5.41) is 4.06. The smallest absolute Gasteiger partial charge is 0.249 e. The Morgan fingerprint density at radius 2 is 2.11 bits per heavy atom. The van der Waals surface area contributed by atoms with Gasteiger partial charge in [-0.2, -0.15) is 4.98 Å². The lowest BCUT2D eigenvalue weighted by molar-refractivity contribution is -0.130. The van der Waals surface area contributed by atoms with E-state index in [2.05, 4.69) is 10.1 Å². The minimum absolute atomic E-state index is 0.0497. The van der Waals surface area contributed by atoms with Gasteiger partial charge in [-0.1, -0.05) is 35.5 Å². The zero-order valence-electron chi connectivity index (χ0n) is 15.5. The second-order valence-electron chi connectivity index (χ2n) is 6.58. The molecule has 0 aliphatic carbocycles. The van der Waals surface area contributed by atoms with Crippen LogP contribution in [0.3, 0.4) is 0 Å². The van der Waals surface area contributed by atoms with E-state index in [1.807, 2.05) is 31.2 Å². The second kappa shape index (κ2) is 7.80. The lowest BCUT2D eigenvalue weighted by Crippen LogP contribution is -2.27. The van der Waals surface area contributed by atoms with Crippen LogP contribution < -0.4 is 4.74 Å². The molecule has 0 radical (unpaired) electrons. The van der Waals surface area contributed by atoms with Gasteiger partial charge in [0, 0.05) is 24.1 Å². The average Bonchev–Trinajstić information content (AvgIpc) is 3.32. The van der Waals surface area contributed by atoms with Gasteiger partial charge in [-0.3, -0.25) is 4.79 Å². The maximum Gasteiger partial charge on any atom is 0.249 e. The van der Waals surface area contributed by atoms with Crippen LogP contribution in [0.15, 0.2) is 53.1 Å². The predicted octanol–water partition coefficient (Wildman–Crippen LogP) is 4.14. The molecule has 144 valence electrons. The third kappa shape index (κ3) is 3.60. The molecule has 3 aromatic rings. The lowest BCUT2D eigenvalue weighted by Gasteiger charge is -2.22. The fourth-order valence-electron chi connectivity index (χ4n) is 3.38. The molecule has 1 fully saturated rings. The molecule has 1 aliphatic rings. The normalized spacial score (nSPS) is 16.6. The van der Waals surface area contributed by atoms with Gasteiger partial charge >= 0.3 is 0 Å². The van der Waals surface area contributed by atoms with Gasteiger partial charge < -0.3 is 14.2 Å². The van der Waals surface area contributed by atoms with E-state index in [0.717, 1.165) is 11.3 Å². The fraction of sp³-hybridized carbons (Fsp3) is 0.286. The zero-order chi connectivity index (χ0) is 19.5. The van der Waals surface area contributed by atoms with Crippen molar-refractivity contribution in [2.24, 2.45) is 0 Å². The SMILES string of the molecule is CCOc1cccc(-c2noc(C3CCC(=O)N3Cc3ccccc3F)n2)c1. The van der Waals surface area contributed by atoms with Crippen LogP contribution in [0.25, 0.3) is 11.4 Å². The Kier molecular flexibility index (Phi) is 5.06. The van der Waals surface area contributed by atoms with Crippen molar-refractivity contribution in [1.29, 1.82) is 0 Å². The number of amides is 1. The number of benzene rings is 2. The van der Waals surface area contributed by atoms with Crippen molar-refractivity contribution in [1.82, 2.24) is 15.0 Å². The summed E-state index contributed by atoms with van der Waals surface area (Å²) in [4.78, 5) is 18.5. The summed E-state index contributed by atoms with van der Waals surface area (Å²) in [6.45, 7) is 2.66. The van der Waals surface area contributed by atoms with Crippen molar-refractivity contribution in [3.05, 3.63) is 65.8 Å². The highest BCUT2D eigenvalue weighted by Gasteiger charge is 2.36. The van der Waals surface area contributed by atoms with Gasteiger partial charge in [0.1, 0.15) is 17.6 Å². The van der Waals surface area contributed by atoms with Crippen molar-refractivity contribution in [3.8, 4) is 17.1 Å². The van der Waals surface area contributed by atoms with E-state index in [-0.39, 0.29) is 24.3 Å². The molecule has 0 spiro atoms. The Balaban J connectivity index is 1.58. The predicted molar refractivity (Wildman–Crippen MR) is 99.8 cm³/mol. The number of rotatable bonds is 6. The van der Waals surface area contributed by atoms with Crippen LogP contribution in [-0.4, -0.2) is 27.6 Å². The van der Waals surface area contributed by atoms with E-state index in [0.29, 0.717) is 36.7 Å². The Bertz CT molecular complexity index is 988. The summed E-state index contributed by atoms with van der Waals surface area (Å²) >= 11 is 0. The van der Waals surface area contributed by atoms with Crippen LogP contribution in [0.4, 0.5) is 4.39 Å². The maximum atomic E-state index is 14.0. The molecule has 1 aliphatic heterocycles. The van der Waals surface area contributed by atoms with Gasteiger partial charge in [-0.15, -0.1) is 0 Å². The van der Waals surface area contributed by atoms with Crippen LogP contribution in [-0.2, 0) is 11.3 Å². The topological polar surface area (TPSA) is 68.5 Å². The van der Waals surface area contributed by atoms with Gasteiger partial charge in [0.25, 0.3) is 0 Å². The number of likely N-dealkylation sites (tertiary alicyclic amines) is 1. The van der Waals surface area contributed by atoms with Crippen LogP contribution in [0.2, 0.25) is 0 Å². The number of aromatic nitrogens is 2. The zero-order valence-corrected chi connectivity index (χ0v) is 15.5. The molecule has 28 heavy (non-hydrogen) atoms. The van der Waals surface area contributed by atoms with E-state index in [4.69, 9.17) is 9.26 Å². The van der Waals surface area contributed by atoms with Gasteiger partial charge in [-0.25, -0.2) is 4.39 Å². The van der Waals surface area contributed by atoms with Gasteiger partial charge in [0.15, 0.2) is 0 Å². The largest absolute Gasteiger partial charge is 0.494 e. The molecule has 1 aromatic heterocycles. The molecule has 2 aromatic carbocycles. The van der Waals surface area contributed by atoms with Crippen molar-refractivity contribution >= 4 is 5.91 Å². The molecule has 1 saturated heterocycles. The Morgan fingerprint density at radius 1 is 1.25 bits per heavy atom. The molecule has 1 atom stereocenters. The van der Waals surface area contributed by atoms with E-state index in [9.17, 15) is 9.18 Å². The molecule has 0 saturated carbocycles. The molecular weight excluding hydrogens is 361 g/mol. The van der Waals surface area contributed by atoms with Crippen molar-refractivity contribution in [2.45, 2.75) is 32.4 Å². The minimum atomic E-state index is -0.358. The van der Waals surface area contributed by atoms with Crippen molar-refractivity contribution < 1.29 is 18.4 Å². The summed E-state index contributed by atoms with van der Waals surface area (Å²) in [5.41, 5.74) is 1.23. The highest BCUT2D eigenvalue weighted by Crippen LogP contribution is 2.34. The van der Waals surface area contributed by atoms with Crippen molar-refractivity contribution in [3.63, 3.8) is 0 Å². The first-order chi connectivity index (χ1) is 13.7. The summed E-state index contributed by atoms with van der Waals surface area (Å²) in [6, 6.07) is 13.5. The number of hydrogen-bond donors (Lipinski definition) is 0. The third-order valence-corrected chi connectivity index (χ3v) is 4.76. The van der Waals surface area contributed by atoms with Gasteiger partial charge in [0.2, 0.25) is 17.6 Å². The first-order valence-electron chi connectivity index (χ1n) is 9.25. The highest BCUT2D eigenvalue weighted by molar-refractivity contribution is 5.78. The Morgan fingerprint density at radius 3 is 2.93 bits per heavy atom. The van der Waals surface area contributed by atoms with E-state index < -0.39 is 0 Å². The van der Waals surface area contributed by atoms with Crippen LogP contribution in [0, 0.1) is 5.82 Å². The molecule has 0 N–H and O–H groups in total. The van der Waals surface area contributed by atoms with E-state index >= 15 is 0 Å². The highest BCUT2D eigenvalue weighted by atomic mass is 19.1. The average molecular weight is 381 g/mol. The van der Waals surface area contributed by atoms with Crippen LogP contribution in [0.1, 0.15) is 37.3 Å². The standard InChI is InChI=1S/C21H20FN3O3/c1-2-27-16-8-5-7-14(12-16)20-23-21(28-24-20)18-10-11-19(26)25(18)13-15-6-3-4-9-17(15)22/h3-9,12,18H,2,10-11,13H2,1H3. The van der Waals surface area contributed by atoms with E-state index in [1.54, 1.807) is 23.1 Å². The molecule has 7 heteroatoms. The molecule has 6 nitrogen and oxygen atoms in total. The Hall–Kier alpha value is -3.22. The molecule has 1 amide bonds. The summed E-state index contributed by atoms with van der Waals surface area (Å²) in [6.07, 6.45) is 0.935. The molecule has 2 heterocycles. The van der Waals surface area contributed by atoms with Crippen LogP contribution >= 0.6 is 0 Å². The number of nitrogens with zero attached hydrogens (tertiary/aromatic N) is 3. The lowest BCUT2D eigenvalue weighted by atomic mass is 10.1. The third-order valence-electron chi connectivity index (χ3n) is 4.76. The Labute approximate surface area is 161 Å². The van der Waals surface area contributed by atoms with Gasteiger partial charge in [0.05, 0.1) is 6.61 Å². The number of carbonyl (C=O) groups is 1. The van der Waals surface area contributed by atoms with Crippen molar-refractivity contribution in [2.75, 3.05) is 6.61 Å². The first kappa shape index (κ1) is 18.2. The molecule has 4 rings (SSSR count). The summed E-state index contributed by atoms with van der Waals surface area (Å²) in [7, 11) is 0. The number of carbonyl (C=O) groups excluding carboxylic acids is 1. The molecule has 0 bridgehead atoms. The quantitative estimate of drug-likeness (QED) is 0.642. The summed E-state index contributed by atoms with van der Waals surface area (Å²) < 4.78 is 25.0. The second-order valence-corrected chi connectivity index (χ2v) is 6.58. The van der Waals surface area contributed by atoms with E-state index in [1.165, 1.54) is 6.07 Å². The van der Waals surface area contributed by atoms with Crippen LogP contribution in [0.5, 0.6) is 5.75 Å². The number of hydrogen-bond acceptors (Lipinski definition) is 5. The minimum Gasteiger partial charge on any atom is -0.494 e. The fourth-order valence-corrected chi connectivity index (χ4v) is 3.38. The number of halogens is 1.